The summed E-state index contributed by atoms with van der Waals surface area (Å²) in [6.07, 6.45) is 1.86. The molecule has 0 atom stereocenters. The predicted molar refractivity (Wildman–Crippen MR) is 66.8 cm³/mol. The first-order chi connectivity index (χ1) is 8.25. The van der Waals surface area contributed by atoms with E-state index in [2.05, 4.69) is 4.72 Å². The summed E-state index contributed by atoms with van der Waals surface area (Å²) < 4.78 is 31.3. The number of sulfonamides is 1. The fourth-order valence-corrected chi connectivity index (χ4v) is 3.34. The molecule has 1 saturated carbocycles. The van der Waals surface area contributed by atoms with Gasteiger partial charge in [0.25, 0.3) is 0 Å². The molecule has 0 bridgehead atoms. The average molecular weight is 279 g/mol. The third-order valence-electron chi connectivity index (χ3n) is 2.98. The normalized spacial score (nSPS) is 18.6. The molecule has 0 aliphatic heterocycles. The Hall–Kier alpha value is -0.660. The molecule has 6 nitrogen and oxygen atoms in total. The Kier molecular flexibility index (Phi) is 5.12. The molecule has 0 aromatic rings. The van der Waals surface area contributed by atoms with Crippen molar-refractivity contribution < 1.29 is 23.1 Å². The van der Waals surface area contributed by atoms with Crippen LogP contribution in [0.1, 0.15) is 39.5 Å². The van der Waals surface area contributed by atoms with Crippen molar-refractivity contribution in [2.75, 3.05) is 12.4 Å². The van der Waals surface area contributed by atoms with E-state index < -0.39 is 21.5 Å². The van der Waals surface area contributed by atoms with Gasteiger partial charge in [0, 0.05) is 5.54 Å². The number of rotatable bonds is 8. The quantitative estimate of drug-likeness (QED) is 0.683. The Morgan fingerprint density at radius 2 is 2.06 bits per heavy atom. The van der Waals surface area contributed by atoms with Crippen LogP contribution in [0.25, 0.3) is 0 Å². The first-order valence-electron chi connectivity index (χ1n) is 6.10. The fourth-order valence-electron chi connectivity index (χ4n) is 1.98. The van der Waals surface area contributed by atoms with Gasteiger partial charge < -0.3 is 9.84 Å². The summed E-state index contributed by atoms with van der Waals surface area (Å²) in [6, 6.07) is 0. The number of carboxylic acids is 1. The van der Waals surface area contributed by atoms with Crippen LogP contribution in [0, 0.1) is 0 Å². The van der Waals surface area contributed by atoms with Crippen molar-refractivity contribution in [2.45, 2.75) is 51.2 Å². The molecular formula is C11H21NO5S. The predicted octanol–water partition coefficient (Wildman–Crippen LogP) is 0.728. The Bertz CT molecular complexity index is 386. The van der Waals surface area contributed by atoms with Gasteiger partial charge in [-0.2, -0.15) is 0 Å². The topological polar surface area (TPSA) is 92.7 Å². The highest BCUT2D eigenvalue weighted by Crippen LogP contribution is 2.35. The number of hydrogen-bond acceptors (Lipinski definition) is 4. The van der Waals surface area contributed by atoms with Crippen LogP contribution < -0.4 is 4.72 Å². The average Bonchev–Trinajstić information content (AvgIpc) is 2.11. The highest BCUT2D eigenvalue weighted by atomic mass is 32.2. The second-order valence-corrected chi connectivity index (χ2v) is 6.89. The molecular weight excluding hydrogens is 258 g/mol. The van der Waals surface area contributed by atoms with Gasteiger partial charge in [0.05, 0.1) is 24.9 Å². The minimum absolute atomic E-state index is 0.0168. The standard InChI is InChI=1S/C11H21NO5S/c1-9(2)17-6-7-18(15,16)12-11(4-3-5-11)8-10(13)14/h9,12H,3-8H2,1-2H3,(H,13,14). The summed E-state index contributed by atoms with van der Waals surface area (Å²) in [5, 5.41) is 8.80. The van der Waals surface area contributed by atoms with Crippen molar-refractivity contribution in [3.8, 4) is 0 Å². The largest absolute Gasteiger partial charge is 0.481 e. The molecule has 1 fully saturated rings. The zero-order valence-electron chi connectivity index (χ0n) is 10.8. The maximum absolute atomic E-state index is 11.8. The first-order valence-corrected chi connectivity index (χ1v) is 7.75. The van der Waals surface area contributed by atoms with Gasteiger partial charge in [-0.05, 0) is 33.1 Å². The number of hydrogen-bond donors (Lipinski definition) is 2. The van der Waals surface area contributed by atoms with Gasteiger partial charge in [0.2, 0.25) is 10.0 Å². The van der Waals surface area contributed by atoms with Crippen molar-refractivity contribution in [1.82, 2.24) is 4.72 Å². The van der Waals surface area contributed by atoms with Crippen molar-refractivity contribution in [3.63, 3.8) is 0 Å². The van der Waals surface area contributed by atoms with E-state index in [1.165, 1.54) is 0 Å². The van der Waals surface area contributed by atoms with Crippen molar-refractivity contribution >= 4 is 16.0 Å². The summed E-state index contributed by atoms with van der Waals surface area (Å²) >= 11 is 0. The van der Waals surface area contributed by atoms with E-state index in [0.29, 0.717) is 12.8 Å². The minimum atomic E-state index is -3.48. The molecule has 0 radical (unpaired) electrons. The van der Waals surface area contributed by atoms with E-state index >= 15 is 0 Å². The number of nitrogens with one attached hydrogen (secondary N) is 1. The van der Waals surface area contributed by atoms with E-state index in [-0.39, 0.29) is 24.9 Å². The third-order valence-corrected chi connectivity index (χ3v) is 4.42. The van der Waals surface area contributed by atoms with Gasteiger partial charge >= 0.3 is 5.97 Å². The van der Waals surface area contributed by atoms with Crippen molar-refractivity contribution in [3.05, 3.63) is 0 Å². The van der Waals surface area contributed by atoms with Gasteiger partial charge in [-0.1, -0.05) is 0 Å². The zero-order chi connectivity index (χ0) is 13.8. The van der Waals surface area contributed by atoms with Crippen LogP contribution >= 0.6 is 0 Å². The van der Waals surface area contributed by atoms with Gasteiger partial charge in [-0.25, -0.2) is 13.1 Å². The lowest BCUT2D eigenvalue weighted by molar-refractivity contribution is -0.139. The Morgan fingerprint density at radius 1 is 1.44 bits per heavy atom. The Balaban J connectivity index is 2.50. The van der Waals surface area contributed by atoms with E-state index in [4.69, 9.17) is 9.84 Å². The summed E-state index contributed by atoms with van der Waals surface area (Å²) in [6.45, 7) is 3.78. The molecule has 0 saturated heterocycles. The fraction of sp³-hybridized carbons (Fsp3) is 0.909. The molecule has 1 aliphatic rings. The lowest BCUT2D eigenvalue weighted by atomic mass is 9.75. The van der Waals surface area contributed by atoms with E-state index in [0.717, 1.165) is 6.42 Å². The van der Waals surface area contributed by atoms with E-state index in [9.17, 15) is 13.2 Å². The van der Waals surface area contributed by atoms with Gasteiger partial charge in [0.1, 0.15) is 0 Å². The van der Waals surface area contributed by atoms with Crippen LogP contribution in [0.4, 0.5) is 0 Å². The van der Waals surface area contributed by atoms with Crippen LogP contribution in [-0.2, 0) is 19.6 Å². The van der Waals surface area contributed by atoms with Crippen LogP contribution in [0.5, 0.6) is 0 Å². The molecule has 7 heteroatoms. The molecule has 1 rings (SSSR count). The van der Waals surface area contributed by atoms with Gasteiger partial charge in [-0.3, -0.25) is 4.79 Å². The van der Waals surface area contributed by atoms with Gasteiger partial charge in [0.15, 0.2) is 0 Å². The van der Waals surface area contributed by atoms with Crippen LogP contribution in [-0.4, -0.2) is 43.5 Å². The summed E-state index contributed by atoms with van der Waals surface area (Å²) in [5.41, 5.74) is -0.775. The maximum Gasteiger partial charge on any atom is 0.305 e. The molecule has 0 aromatic carbocycles. The lowest BCUT2D eigenvalue weighted by Gasteiger charge is -2.41. The third kappa shape index (κ3) is 4.91. The van der Waals surface area contributed by atoms with Gasteiger partial charge in [-0.15, -0.1) is 0 Å². The Morgan fingerprint density at radius 3 is 2.44 bits per heavy atom. The first kappa shape index (κ1) is 15.4. The summed E-state index contributed by atoms with van der Waals surface area (Å²) in [5.74, 6) is -1.11. The van der Waals surface area contributed by atoms with Crippen molar-refractivity contribution in [1.29, 1.82) is 0 Å². The van der Waals surface area contributed by atoms with Crippen molar-refractivity contribution in [2.24, 2.45) is 0 Å². The number of carbonyl (C=O) groups is 1. The Labute approximate surface area is 108 Å². The maximum atomic E-state index is 11.8. The zero-order valence-corrected chi connectivity index (χ0v) is 11.6. The molecule has 1 aliphatic carbocycles. The second-order valence-electron chi connectivity index (χ2n) is 5.04. The molecule has 18 heavy (non-hydrogen) atoms. The number of aliphatic carboxylic acids is 1. The molecule has 0 spiro atoms. The number of carboxylic acid groups (broad SMARTS) is 1. The summed E-state index contributed by atoms with van der Waals surface area (Å²) in [7, 11) is -3.48. The van der Waals surface area contributed by atoms with Crippen LogP contribution in [0.2, 0.25) is 0 Å². The van der Waals surface area contributed by atoms with E-state index in [1.54, 1.807) is 0 Å². The summed E-state index contributed by atoms with van der Waals surface area (Å²) in [4.78, 5) is 10.7. The SMILES string of the molecule is CC(C)OCCS(=O)(=O)NC1(CC(=O)O)CCC1. The minimum Gasteiger partial charge on any atom is -0.481 e. The lowest BCUT2D eigenvalue weighted by Crippen LogP contribution is -2.55. The van der Waals surface area contributed by atoms with Crippen LogP contribution in [0.15, 0.2) is 0 Å². The molecule has 2 N–H and O–H groups in total. The van der Waals surface area contributed by atoms with Crippen LogP contribution in [0.3, 0.4) is 0 Å². The molecule has 0 amide bonds. The van der Waals surface area contributed by atoms with E-state index in [1.807, 2.05) is 13.8 Å². The monoisotopic (exact) mass is 279 g/mol. The second kappa shape index (κ2) is 5.99. The molecule has 0 heterocycles. The molecule has 106 valence electrons. The highest BCUT2D eigenvalue weighted by Gasteiger charge is 2.41. The molecule has 0 unspecified atom stereocenters. The molecule has 0 aromatic heterocycles. The number of ether oxygens (including phenoxy) is 1. The smallest absolute Gasteiger partial charge is 0.305 e. The highest BCUT2D eigenvalue weighted by molar-refractivity contribution is 7.89.